The largest absolute Gasteiger partial charge is 0.381 e. The second-order valence-electron chi connectivity index (χ2n) is 6.12. The molecule has 110 valence electrons. The molecule has 0 bridgehead atoms. The molecule has 0 spiro atoms. The van der Waals surface area contributed by atoms with Crippen LogP contribution in [0.4, 0.5) is 0 Å². The first-order chi connectivity index (χ1) is 9.18. The van der Waals surface area contributed by atoms with E-state index < -0.39 is 0 Å². The maximum atomic E-state index is 12.7. The van der Waals surface area contributed by atoms with Gasteiger partial charge in [0, 0.05) is 37.8 Å². The fourth-order valence-corrected chi connectivity index (χ4v) is 3.05. The third-order valence-corrected chi connectivity index (χ3v) is 4.31. The van der Waals surface area contributed by atoms with Crippen molar-refractivity contribution in [3.63, 3.8) is 0 Å². The smallest absolute Gasteiger partial charge is 0.226 e. The van der Waals surface area contributed by atoms with Gasteiger partial charge in [0.2, 0.25) is 5.91 Å². The predicted octanol–water partition coefficient (Wildman–Crippen LogP) is 1.79. The number of carbonyl (C=O) groups is 1. The molecular weight excluding hydrogens is 240 g/mol. The van der Waals surface area contributed by atoms with Crippen LogP contribution < -0.4 is 5.32 Å². The maximum absolute atomic E-state index is 12.7. The van der Waals surface area contributed by atoms with E-state index in [1.165, 1.54) is 19.3 Å². The van der Waals surface area contributed by atoms with Crippen molar-refractivity contribution >= 4 is 5.91 Å². The lowest BCUT2D eigenvalue weighted by Gasteiger charge is -2.36. The van der Waals surface area contributed by atoms with Crippen molar-refractivity contribution < 1.29 is 9.53 Å². The zero-order valence-corrected chi connectivity index (χ0v) is 12.4. The normalized spacial score (nSPS) is 25.5. The van der Waals surface area contributed by atoms with Gasteiger partial charge in [-0.15, -0.1) is 0 Å². The third-order valence-electron chi connectivity index (χ3n) is 4.31. The molecule has 2 aliphatic heterocycles. The molecule has 2 rings (SSSR count). The lowest BCUT2D eigenvalue weighted by molar-refractivity contribution is -0.140. The van der Waals surface area contributed by atoms with Crippen molar-refractivity contribution in [1.29, 1.82) is 0 Å². The average molecular weight is 268 g/mol. The van der Waals surface area contributed by atoms with Crippen LogP contribution in [0.5, 0.6) is 0 Å². The summed E-state index contributed by atoms with van der Waals surface area (Å²) in [6.45, 7) is 7.70. The van der Waals surface area contributed by atoms with Gasteiger partial charge in [-0.25, -0.2) is 0 Å². The van der Waals surface area contributed by atoms with Gasteiger partial charge in [-0.1, -0.05) is 6.42 Å². The molecule has 0 aromatic carbocycles. The van der Waals surface area contributed by atoms with E-state index in [1.807, 2.05) is 0 Å². The molecule has 1 N–H and O–H groups in total. The lowest BCUT2D eigenvalue weighted by atomic mass is 9.97. The summed E-state index contributed by atoms with van der Waals surface area (Å²) in [5, 5.41) is 3.54. The van der Waals surface area contributed by atoms with E-state index in [0.29, 0.717) is 18.0 Å². The zero-order chi connectivity index (χ0) is 13.7. The SMILES string of the molecule is CC(C)N(CC1CCCCN1)C(=O)C1CCOCC1. The summed E-state index contributed by atoms with van der Waals surface area (Å²) in [5.74, 6) is 0.519. The summed E-state index contributed by atoms with van der Waals surface area (Å²) in [5.41, 5.74) is 0. The second-order valence-corrected chi connectivity index (χ2v) is 6.12. The Morgan fingerprint density at radius 3 is 2.58 bits per heavy atom. The highest BCUT2D eigenvalue weighted by molar-refractivity contribution is 5.79. The van der Waals surface area contributed by atoms with Crippen LogP contribution in [0.3, 0.4) is 0 Å². The van der Waals surface area contributed by atoms with Crippen LogP contribution in [-0.4, -0.2) is 49.2 Å². The Bertz CT molecular complexity index is 282. The molecule has 1 atom stereocenters. The standard InChI is InChI=1S/C15H28N2O2/c1-12(2)17(11-14-5-3-4-8-16-14)15(18)13-6-9-19-10-7-13/h12-14,16H,3-11H2,1-2H3. The summed E-state index contributed by atoms with van der Waals surface area (Å²) in [6, 6.07) is 0.777. The molecule has 19 heavy (non-hydrogen) atoms. The Labute approximate surface area is 116 Å². The van der Waals surface area contributed by atoms with Crippen LogP contribution in [0.25, 0.3) is 0 Å². The number of hydrogen-bond donors (Lipinski definition) is 1. The molecule has 2 aliphatic rings. The molecular formula is C15H28N2O2. The molecule has 4 nitrogen and oxygen atoms in total. The highest BCUT2D eigenvalue weighted by Crippen LogP contribution is 2.20. The predicted molar refractivity (Wildman–Crippen MR) is 76.0 cm³/mol. The maximum Gasteiger partial charge on any atom is 0.226 e. The van der Waals surface area contributed by atoms with Gasteiger partial charge in [0.25, 0.3) is 0 Å². The average Bonchev–Trinajstić information content (AvgIpc) is 2.46. The number of nitrogens with zero attached hydrogens (tertiary/aromatic N) is 1. The molecule has 0 radical (unpaired) electrons. The summed E-state index contributed by atoms with van der Waals surface area (Å²) in [7, 11) is 0. The first kappa shape index (κ1) is 14.8. The van der Waals surface area contributed by atoms with E-state index in [0.717, 1.165) is 39.1 Å². The fraction of sp³-hybridized carbons (Fsp3) is 0.933. The minimum absolute atomic E-state index is 0.180. The Morgan fingerprint density at radius 1 is 1.26 bits per heavy atom. The van der Waals surface area contributed by atoms with Crippen molar-refractivity contribution in [2.75, 3.05) is 26.3 Å². The Morgan fingerprint density at radius 2 is 2.00 bits per heavy atom. The van der Waals surface area contributed by atoms with E-state index in [2.05, 4.69) is 24.1 Å². The van der Waals surface area contributed by atoms with Gasteiger partial charge >= 0.3 is 0 Å². The van der Waals surface area contributed by atoms with Crippen molar-refractivity contribution in [2.24, 2.45) is 5.92 Å². The Balaban J connectivity index is 1.91. The van der Waals surface area contributed by atoms with Crippen LogP contribution in [0.2, 0.25) is 0 Å². The number of hydrogen-bond acceptors (Lipinski definition) is 3. The van der Waals surface area contributed by atoms with Gasteiger partial charge in [-0.2, -0.15) is 0 Å². The number of ether oxygens (including phenoxy) is 1. The number of nitrogens with one attached hydrogen (secondary N) is 1. The topological polar surface area (TPSA) is 41.6 Å². The zero-order valence-electron chi connectivity index (χ0n) is 12.4. The van der Waals surface area contributed by atoms with E-state index >= 15 is 0 Å². The van der Waals surface area contributed by atoms with Crippen molar-refractivity contribution in [2.45, 2.75) is 58.0 Å². The van der Waals surface area contributed by atoms with E-state index in [1.54, 1.807) is 0 Å². The minimum Gasteiger partial charge on any atom is -0.381 e. The summed E-state index contributed by atoms with van der Waals surface area (Å²) in [4.78, 5) is 14.7. The van der Waals surface area contributed by atoms with Gasteiger partial charge < -0.3 is 15.0 Å². The molecule has 2 saturated heterocycles. The lowest BCUT2D eigenvalue weighted by Crippen LogP contribution is -2.50. The summed E-state index contributed by atoms with van der Waals surface area (Å²) < 4.78 is 5.36. The summed E-state index contributed by atoms with van der Waals surface area (Å²) in [6.07, 6.45) is 5.53. The third kappa shape index (κ3) is 4.18. The number of rotatable bonds is 4. The minimum atomic E-state index is 0.180. The van der Waals surface area contributed by atoms with Crippen LogP contribution >= 0.6 is 0 Å². The molecule has 2 heterocycles. The molecule has 0 aromatic heterocycles. The van der Waals surface area contributed by atoms with Crippen LogP contribution in [0.1, 0.15) is 46.0 Å². The van der Waals surface area contributed by atoms with Crippen molar-refractivity contribution in [1.82, 2.24) is 10.2 Å². The Kier molecular flexibility index (Phi) is 5.64. The van der Waals surface area contributed by atoms with Crippen LogP contribution in [0, 0.1) is 5.92 Å². The molecule has 1 unspecified atom stereocenters. The molecule has 2 fully saturated rings. The molecule has 1 amide bonds. The van der Waals surface area contributed by atoms with E-state index in [-0.39, 0.29) is 5.92 Å². The van der Waals surface area contributed by atoms with Crippen LogP contribution in [-0.2, 0) is 9.53 Å². The molecule has 0 saturated carbocycles. The monoisotopic (exact) mass is 268 g/mol. The Hall–Kier alpha value is -0.610. The second kappa shape index (κ2) is 7.25. The number of carbonyl (C=O) groups excluding carboxylic acids is 1. The highest BCUT2D eigenvalue weighted by Gasteiger charge is 2.29. The quantitative estimate of drug-likeness (QED) is 0.845. The van der Waals surface area contributed by atoms with Crippen molar-refractivity contribution in [3.05, 3.63) is 0 Å². The first-order valence-electron chi connectivity index (χ1n) is 7.80. The van der Waals surface area contributed by atoms with Gasteiger partial charge in [-0.3, -0.25) is 4.79 Å². The number of amides is 1. The highest BCUT2D eigenvalue weighted by atomic mass is 16.5. The molecule has 0 aliphatic carbocycles. The van der Waals surface area contributed by atoms with Gasteiger partial charge in [-0.05, 0) is 46.1 Å². The number of piperidine rings is 1. The van der Waals surface area contributed by atoms with E-state index in [9.17, 15) is 4.79 Å². The summed E-state index contributed by atoms with van der Waals surface area (Å²) >= 11 is 0. The van der Waals surface area contributed by atoms with Gasteiger partial charge in [0.1, 0.15) is 0 Å². The van der Waals surface area contributed by atoms with Gasteiger partial charge in [0.15, 0.2) is 0 Å². The van der Waals surface area contributed by atoms with Gasteiger partial charge in [0.05, 0.1) is 0 Å². The van der Waals surface area contributed by atoms with E-state index in [4.69, 9.17) is 4.74 Å². The molecule has 0 aromatic rings. The molecule has 4 heteroatoms. The first-order valence-corrected chi connectivity index (χ1v) is 7.80. The van der Waals surface area contributed by atoms with Crippen LogP contribution in [0.15, 0.2) is 0 Å². The fourth-order valence-electron chi connectivity index (χ4n) is 3.05. The van der Waals surface area contributed by atoms with Crippen molar-refractivity contribution in [3.8, 4) is 0 Å².